The highest BCUT2D eigenvalue weighted by Crippen LogP contribution is 2.24. The van der Waals surface area contributed by atoms with Crippen molar-refractivity contribution in [1.29, 1.82) is 0 Å². The minimum Gasteiger partial charge on any atom is -0.467 e. The molecular formula is C24H21Cl2N5O5. The van der Waals surface area contributed by atoms with Crippen molar-refractivity contribution in [1.82, 2.24) is 24.2 Å². The molecule has 4 rings (SSSR count). The summed E-state index contributed by atoms with van der Waals surface area (Å²) in [5.74, 6) is -1.29. The second-order valence-electron chi connectivity index (χ2n) is 8.00. The second-order valence-corrected chi connectivity index (χ2v) is 8.82. The average Bonchev–Trinajstić information content (AvgIpc) is 3.24. The van der Waals surface area contributed by atoms with E-state index < -0.39 is 29.2 Å². The largest absolute Gasteiger partial charge is 0.467 e. The number of nitrogens with one attached hydrogen (secondary N) is 1. The Hall–Kier alpha value is -3.89. The summed E-state index contributed by atoms with van der Waals surface area (Å²) in [7, 11) is 4.42. The van der Waals surface area contributed by atoms with E-state index in [1.165, 1.54) is 34.7 Å². The Morgan fingerprint density at radius 2 is 1.69 bits per heavy atom. The lowest BCUT2D eigenvalue weighted by Crippen LogP contribution is -2.43. The smallest absolute Gasteiger partial charge is 0.337 e. The summed E-state index contributed by atoms with van der Waals surface area (Å²) in [5.41, 5.74) is 0.424. The zero-order valence-electron chi connectivity index (χ0n) is 19.5. The molecule has 0 radical (unpaired) electrons. The Balaban J connectivity index is 1.63. The molecule has 0 saturated carbocycles. The minimum absolute atomic E-state index is 0.0473. The fraction of sp³-hybridized carbons (Fsp3) is 0.208. The molecule has 2 aromatic carbocycles. The van der Waals surface area contributed by atoms with Crippen LogP contribution in [0.15, 0.2) is 58.3 Å². The SMILES string of the molecule is COC(=O)[C@H](Cc1ccc(-n2c(=O)c3cnn(C)c3n(C)c2=O)cc1)NC(=O)c1c(Cl)cccc1Cl. The summed E-state index contributed by atoms with van der Waals surface area (Å²) in [5, 5.41) is 7.27. The molecule has 186 valence electrons. The highest BCUT2D eigenvalue weighted by atomic mass is 35.5. The van der Waals surface area contributed by atoms with Gasteiger partial charge < -0.3 is 10.1 Å². The first-order chi connectivity index (χ1) is 17.1. The molecule has 1 atom stereocenters. The molecule has 36 heavy (non-hydrogen) atoms. The third-order valence-corrected chi connectivity index (χ3v) is 6.38. The van der Waals surface area contributed by atoms with Crippen molar-refractivity contribution in [2.24, 2.45) is 14.1 Å². The summed E-state index contributed by atoms with van der Waals surface area (Å²) in [6.45, 7) is 0. The molecule has 1 amide bonds. The molecule has 0 unspecified atom stereocenters. The fourth-order valence-corrected chi connectivity index (χ4v) is 4.52. The average molecular weight is 530 g/mol. The van der Waals surface area contributed by atoms with Gasteiger partial charge in [0.2, 0.25) is 0 Å². The van der Waals surface area contributed by atoms with Crippen LogP contribution in [-0.2, 0) is 30.0 Å². The van der Waals surface area contributed by atoms with Crippen LogP contribution in [0.5, 0.6) is 0 Å². The van der Waals surface area contributed by atoms with Crippen LogP contribution in [0.4, 0.5) is 0 Å². The van der Waals surface area contributed by atoms with Crippen LogP contribution >= 0.6 is 23.2 Å². The first-order valence-corrected chi connectivity index (χ1v) is 11.5. The highest BCUT2D eigenvalue weighted by molar-refractivity contribution is 6.39. The number of hydrogen-bond donors (Lipinski definition) is 1. The van der Waals surface area contributed by atoms with Gasteiger partial charge in [-0.3, -0.25) is 18.8 Å². The van der Waals surface area contributed by atoms with Gasteiger partial charge >= 0.3 is 11.7 Å². The van der Waals surface area contributed by atoms with Crippen molar-refractivity contribution in [3.63, 3.8) is 0 Å². The predicted molar refractivity (Wildman–Crippen MR) is 135 cm³/mol. The summed E-state index contributed by atoms with van der Waals surface area (Å²) >= 11 is 12.2. The quantitative estimate of drug-likeness (QED) is 0.383. The Morgan fingerprint density at radius 1 is 1.06 bits per heavy atom. The Labute approximate surface area is 214 Å². The number of aryl methyl sites for hydroxylation is 2. The van der Waals surface area contributed by atoms with Crippen molar-refractivity contribution in [2.75, 3.05) is 7.11 Å². The molecule has 0 saturated heterocycles. The highest BCUT2D eigenvalue weighted by Gasteiger charge is 2.25. The van der Waals surface area contributed by atoms with Crippen molar-refractivity contribution in [3.8, 4) is 5.69 Å². The van der Waals surface area contributed by atoms with E-state index >= 15 is 0 Å². The van der Waals surface area contributed by atoms with E-state index in [0.29, 0.717) is 22.3 Å². The maximum Gasteiger partial charge on any atom is 0.337 e. The van der Waals surface area contributed by atoms with E-state index in [4.69, 9.17) is 27.9 Å². The van der Waals surface area contributed by atoms with Gasteiger partial charge in [0.05, 0.1) is 34.6 Å². The molecule has 2 aromatic heterocycles. The monoisotopic (exact) mass is 529 g/mol. The van der Waals surface area contributed by atoms with Crippen LogP contribution in [0.25, 0.3) is 16.7 Å². The Kier molecular flexibility index (Phi) is 7.00. The van der Waals surface area contributed by atoms with Gasteiger partial charge in [-0.15, -0.1) is 0 Å². The molecule has 0 spiro atoms. The number of ether oxygens (including phenoxy) is 1. The lowest BCUT2D eigenvalue weighted by molar-refractivity contribution is -0.142. The van der Waals surface area contributed by atoms with Crippen LogP contribution in [0.3, 0.4) is 0 Å². The number of carbonyl (C=O) groups excluding carboxylic acids is 2. The Bertz CT molecular complexity index is 1580. The topological polar surface area (TPSA) is 117 Å². The molecule has 2 heterocycles. The van der Waals surface area contributed by atoms with Crippen LogP contribution in [0.2, 0.25) is 10.0 Å². The predicted octanol–water partition coefficient (Wildman–Crippen LogP) is 2.24. The number of benzene rings is 2. The number of carbonyl (C=O) groups is 2. The third kappa shape index (κ3) is 4.52. The molecule has 0 bridgehead atoms. The molecule has 4 aromatic rings. The van der Waals surface area contributed by atoms with Crippen LogP contribution < -0.4 is 16.6 Å². The van der Waals surface area contributed by atoms with Crippen LogP contribution in [0, 0.1) is 0 Å². The normalized spacial score (nSPS) is 11.9. The molecule has 0 aliphatic carbocycles. The van der Waals surface area contributed by atoms with E-state index in [-0.39, 0.29) is 22.0 Å². The number of rotatable bonds is 6. The van der Waals surface area contributed by atoms with Gasteiger partial charge in [-0.25, -0.2) is 14.2 Å². The standard InChI is InChI=1S/C24H21Cl2N5O5/c1-29-21-15(12-27-30(21)2)22(33)31(24(29)35)14-9-7-13(8-10-14)11-18(23(34)36-3)28-20(32)19-16(25)5-4-6-17(19)26/h4-10,12,18H,11H2,1-3H3,(H,28,32)/t18-/m0/s1. The second kappa shape index (κ2) is 10.00. The number of halogens is 2. The van der Waals surface area contributed by atoms with Gasteiger partial charge in [-0.1, -0.05) is 41.4 Å². The first-order valence-electron chi connectivity index (χ1n) is 10.7. The number of aromatic nitrogens is 4. The van der Waals surface area contributed by atoms with Crippen molar-refractivity contribution < 1.29 is 14.3 Å². The zero-order chi connectivity index (χ0) is 26.1. The van der Waals surface area contributed by atoms with E-state index in [1.54, 1.807) is 44.4 Å². The number of amides is 1. The molecule has 0 aliphatic heterocycles. The lowest BCUT2D eigenvalue weighted by Gasteiger charge is -2.18. The van der Waals surface area contributed by atoms with Gasteiger partial charge in [-0.05, 0) is 29.8 Å². The van der Waals surface area contributed by atoms with Gasteiger partial charge in [-0.2, -0.15) is 5.10 Å². The minimum atomic E-state index is -1.04. The molecule has 10 nitrogen and oxygen atoms in total. The van der Waals surface area contributed by atoms with E-state index in [0.717, 1.165) is 4.57 Å². The van der Waals surface area contributed by atoms with Crippen molar-refractivity contribution >= 4 is 46.1 Å². The summed E-state index contributed by atoms with van der Waals surface area (Å²) in [6, 6.07) is 10.1. The van der Waals surface area contributed by atoms with Gasteiger partial charge in [0.25, 0.3) is 11.5 Å². The number of esters is 1. The number of methoxy groups -OCH3 is 1. The number of fused-ring (bicyclic) bond motifs is 1. The fourth-order valence-electron chi connectivity index (χ4n) is 3.95. The van der Waals surface area contributed by atoms with E-state index in [9.17, 15) is 19.2 Å². The van der Waals surface area contributed by atoms with Crippen LogP contribution in [0.1, 0.15) is 15.9 Å². The first kappa shape index (κ1) is 25.2. The lowest BCUT2D eigenvalue weighted by atomic mass is 10.0. The number of hydrogen-bond acceptors (Lipinski definition) is 6. The summed E-state index contributed by atoms with van der Waals surface area (Å²) in [4.78, 5) is 51.1. The zero-order valence-corrected chi connectivity index (χ0v) is 21.0. The van der Waals surface area contributed by atoms with E-state index in [2.05, 4.69) is 10.4 Å². The molecule has 0 aliphatic rings. The van der Waals surface area contributed by atoms with Gasteiger partial charge in [0.15, 0.2) is 0 Å². The van der Waals surface area contributed by atoms with Crippen molar-refractivity contribution in [2.45, 2.75) is 12.5 Å². The van der Waals surface area contributed by atoms with Gasteiger partial charge in [0.1, 0.15) is 17.1 Å². The Morgan fingerprint density at radius 3 is 2.31 bits per heavy atom. The summed E-state index contributed by atoms with van der Waals surface area (Å²) < 4.78 is 8.70. The third-order valence-electron chi connectivity index (χ3n) is 5.75. The van der Waals surface area contributed by atoms with Crippen molar-refractivity contribution in [3.05, 3.63) is 90.7 Å². The molecule has 1 N–H and O–H groups in total. The maximum absolute atomic E-state index is 13.0. The van der Waals surface area contributed by atoms with Crippen LogP contribution in [-0.4, -0.2) is 43.9 Å². The molecule has 0 fully saturated rings. The molecular weight excluding hydrogens is 509 g/mol. The van der Waals surface area contributed by atoms with E-state index in [1.807, 2.05) is 0 Å². The van der Waals surface area contributed by atoms with Gasteiger partial charge in [0, 0.05) is 20.5 Å². The number of nitrogens with zero attached hydrogens (tertiary/aromatic N) is 4. The maximum atomic E-state index is 13.0. The summed E-state index contributed by atoms with van der Waals surface area (Å²) in [6.07, 6.45) is 1.49. The molecule has 12 heteroatoms.